The quantitative estimate of drug-likeness (QED) is 0.831. The molecule has 2 nitrogen and oxygen atoms in total. The minimum Gasteiger partial charge on any atom is -0.326 e. The number of benzene rings is 2. The second-order valence-corrected chi connectivity index (χ2v) is 4.23. The largest absolute Gasteiger partial charge is 0.326 e. The Balaban J connectivity index is 2.53. The fourth-order valence-electron chi connectivity index (χ4n) is 2.03. The van der Waals surface area contributed by atoms with Crippen molar-refractivity contribution < 1.29 is 4.79 Å². The Labute approximate surface area is 107 Å². The zero-order valence-electron chi connectivity index (χ0n) is 10.5. The van der Waals surface area contributed by atoms with Crippen molar-refractivity contribution in [3.63, 3.8) is 0 Å². The molecule has 2 aromatic carbocycles. The Morgan fingerprint density at radius 2 is 1.89 bits per heavy atom. The molecule has 0 heterocycles. The Morgan fingerprint density at radius 1 is 1.11 bits per heavy atom. The lowest BCUT2D eigenvalue weighted by Gasteiger charge is -2.09. The molecule has 0 amide bonds. The van der Waals surface area contributed by atoms with Crippen LogP contribution in [0.15, 0.2) is 48.5 Å². The van der Waals surface area contributed by atoms with Gasteiger partial charge in [0.2, 0.25) is 0 Å². The maximum absolute atomic E-state index is 11.9. The van der Waals surface area contributed by atoms with E-state index in [0.717, 1.165) is 22.3 Å². The molecule has 92 valence electrons. The van der Waals surface area contributed by atoms with Crippen LogP contribution in [0.2, 0.25) is 0 Å². The highest BCUT2D eigenvalue weighted by atomic mass is 16.1. The van der Waals surface area contributed by atoms with E-state index in [1.165, 1.54) is 0 Å². The van der Waals surface area contributed by atoms with Gasteiger partial charge in [-0.1, -0.05) is 49.4 Å². The molecule has 0 fully saturated rings. The van der Waals surface area contributed by atoms with E-state index in [9.17, 15) is 4.79 Å². The third-order valence-corrected chi connectivity index (χ3v) is 3.02. The molecule has 0 aliphatic carbocycles. The third-order valence-electron chi connectivity index (χ3n) is 3.02. The Hall–Kier alpha value is -1.93. The summed E-state index contributed by atoms with van der Waals surface area (Å²) in [6.45, 7) is 2.40. The second-order valence-electron chi connectivity index (χ2n) is 4.23. The number of rotatable bonds is 4. The summed E-state index contributed by atoms with van der Waals surface area (Å²) in [5, 5.41) is 0. The van der Waals surface area contributed by atoms with E-state index >= 15 is 0 Å². The number of hydrogen-bond donors (Lipinski definition) is 1. The Morgan fingerprint density at radius 3 is 2.61 bits per heavy atom. The number of carbonyl (C=O) groups is 1. The molecular formula is C16H17NO. The minimum absolute atomic E-state index is 0.170. The molecule has 0 aliphatic heterocycles. The standard InChI is InChI=1S/C16H17NO/c1-2-16(18)15-9-4-3-8-14(15)13-7-5-6-12(10-13)11-17/h3-10H,2,11,17H2,1H3. The molecular weight excluding hydrogens is 222 g/mol. The summed E-state index contributed by atoms with van der Waals surface area (Å²) in [4.78, 5) is 11.9. The Bertz CT molecular complexity index is 561. The van der Waals surface area contributed by atoms with Gasteiger partial charge in [-0.3, -0.25) is 4.79 Å². The lowest BCUT2D eigenvalue weighted by atomic mass is 9.95. The van der Waals surface area contributed by atoms with Crippen molar-refractivity contribution in [3.05, 3.63) is 59.7 Å². The first-order chi connectivity index (χ1) is 8.76. The summed E-state index contributed by atoms with van der Waals surface area (Å²) >= 11 is 0. The van der Waals surface area contributed by atoms with Gasteiger partial charge in [-0.05, 0) is 22.8 Å². The monoisotopic (exact) mass is 239 g/mol. The summed E-state index contributed by atoms with van der Waals surface area (Å²) in [7, 11) is 0. The molecule has 2 aromatic rings. The van der Waals surface area contributed by atoms with Gasteiger partial charge >= 0.3 is 0 Å². The predicted octanol–water partition coefficient (Wildman–Crippen LogP) is 3.41. The predicted molar refractivity (Wildman–Crippen MR) is 74.4 cm³/mol. The van der Waals surface area contributed by atoms with Gasteiger partial charge in [-0.15, -0.1) is 0 Å². The van der Waals surface area contributed by atoms with E-state index in [2.05, 4.69) is 0 Å². The maximum Gasteiger partial charge on any atom is 0.163 e. The SMILES string of the molecule is CCC(=O)c1ccccc1-c1cccc(CN)c1. The van der Waals surface area contributed by atoms with E-state index in [0.29, 0.717) is 13.0 Å². The molecule has 0 atom stereocenters. The van der Waals surface area contributed by atoms with Crippen LogP contribution in [0.25, 0.3) is 11.1 Å². The fourth-order valence-corrected chi connectivity index (χ4v) is 2.03. The summed E-state index contributed by atoms with van der Waals surface area (Å²) in [6, 6.07) is 15.8. The van der Waals surface area contributed by atoms with Crippen LogP contribution in [0.3, 0.4) is 0 Å². The van der Waals surface area contributed by atoms with Crippen LogP contribution in [0.5, 0.6) is 0 Å². The van der Waals surface area contributed by atoms with E-state index < -0.39 is 0 Å². The van der Waals surface area contributed by atoms with Crippen molar-refractivity contribution in [3.8, 4) is 11.1 Å². The van der Waals surface area contributed by atoms with Gasteiger partial charge in [0, 0.05) is 18.5 Å². The molecule has 0 bridgehead atoms. The first kappa shape index (κ1) is 12.5. The van der Waals surface area contributed by atoms with Crippen molar-refractivity contribution in [1.29, 1.82) is 0 Å². The minimum atomic E-state index is 0.170. The highest BCUT2D eigenvalue weighted by Gasteiger charge is 2.10. The Kier molecular flexibility index (Phi) is 3.90. The fraction of sp³-hybridized carbons (Fsp3) is 0.188. The molecule has 0 spiro atoms. The van der Waals surface area contributed by atoms with Crippen LogP contribution in [0.4, 0.5) is 0 Å². The van der Waals surface area contributed by atoms with Crippen LogP contribution in [0.1, 0.15) is 29.3 Å². The molecule has 2 rings (SSSR count). The van der Waals surface area contributed by atoms with E-state index in [1.54, 1.807) is 0 Å². The summed E-state index contributed by atoms with van der Waals surface area (Å²) in [6.07, 6.45) is 0.521. The van der Waals surface area contributed by atoms with Gasteiger partial charge in [-0.25, -0.2) is 0 Å². The van der Waals surface area contributed by atoms with Crippen LogP contribution in [-0.4, -0.2) is 5.78 Å². The zero-order chi connectivity index (χ0) is 13.0. The van der Waals surface area contributed by atoms with Crippen molar-refractivity contribution in [2.24, 2.45) is 5.73 Å². The van der Waals surface area contributed by atoms with E-state index in [1.807, 2.05) is 55.5 Å². The van der Waals surface area contributed by atoms with Gasteiger partial charge < -0.3 is 5.73 Å². The van der Waals surface area contributed by atoms with Crippen molar-refractivity contribution in [2.45, 2.75) is 19.9 Å². The van der Waals surface area contributed by atoms with Gasteiger partial charge in [0.1, 0.15) is 0 Å². The molecule has 18 heavy (non-hydrogen) atoms. The molecule has 2 N–H and O–H groups in total. The average Bonchev–Trinajstić information content (AvgIpc) is 2.46. The normalized spacial score (nSPS) is 10.3. The number of ketones is 1. The van der Waals surface area contributed by atoms with Gasteiger partial charge in [0.25, 0.3) is 0 Å². The zero-order valence-corrected chi connectivity index (χ0v) is 10.5. The van der Waals surface area contributed by atoms with Gasteiger partial charge in [0.05, 0.1) is 0 Å². The molecule has 0 aromatic heterocycles. The highest BCUT2D eigenvalue weighted by Crippen LogP contribution is 2.25. The van der Waals surface area contributed by atoms with Crippen LogP contribution in [0, 0.1) is 0 Å². The topological polar surface area (TPSA) is 43.1 Å². The molecule has 2 heteroatoms. The highest BCUT2D eigenvalue weighted by molar-refractivity contribution is 6.02. The smallest absolute Gasteiger partial charge is 0.163 e. The summed E-state index contributed by atoms with van der Waals surface area (Å²) in [5.41, 5.74) is 9.55. The van der Waals surface area contributed by atoms with Gasteiger partial charge in [-0.2, -0.15) is 0 Å². The number of carbonyl (C=O) groups excluding carboxylic acids is 1. The van der Waals surface area contributed by atoms with E-state index in [-0.39, 0.29) is 5.78 Å². The molecule has 0 aliphatic rings. The third kappa shape index (κ3) is 2.49. The van der Waals surface area contributed by atoms with Gasteiger partial charge in [0.15, 0.2) is 5.78 Å². The lowest BCUT2D eigenvalue weighted by molar-refractivity contribution is 0.0989. The molecule has 0 radical (unpaired) electrons. The van der Waals surface area contributed by atoms with Crippen LogP contribution >= 0.6 is 0 Å². The van der Waals surface area contributed by atoms with Crippen LogP contribution in [-0.2, 0) is 6.54 Å². The number of Topliss-reactive ketones (excluding diaryl/α,β-unsaturated/α-hetero) is 1. The summed E-state index contributed by atoms with van der Waals surface area (Å²) in [5.74, 6) is 0.170. The second kappa shape index (κ2) is 5.61. The first-order valence-electron chi connectivity index (χ1n) is 6.18. The van der Waals surface area contributed by atoms with Crippen molar-refractivity contribution in [1.82, 2.24) is 0 Å². The molecule has 0 saturated carbocycles. The van der Waals surface area contributed by atoms with Crippen molar-refractivity contribution >= 4 is 5.78 Å². The number of hydrogen-bond acceptors (Lipinski definition) is 2. The maximum atomic E-state index is 11.9. The summed E-state index contributed by atoms with van der Waals surface area (Å²) < 4.78 is 0. The number of nitrogens with two attached hydrogens (primary N) is 1. The average molecular weight is 239 g/mol. The van der Waals surface area contributed by atoms with Crippen molar-refractivity contribution in [2.75, 3.05) is 0 Å². The molecule has 0 unspecified atom stereocenters. The molecule has 0 saturated heterocycles. The van der Waals surface area contributed by atoms with E-state index in [4.69, 9.17) is 5.73 Å². The van der Waals surface area contributed by atoms with Crippen LogP contribution < -0.4 is 5.73 Å². The first-order valence-corrected chi connectivity index (χ1v) is 6.18. The lowest BCUT2D eigenvalue weighted by Crippen LogP contribution is -2.00.